The summed E-state index contributed by atoms with van der Waals surface area (Å²) in [5.74, 6) is 0.819. The van der Waals surface area contributed by atoms with E-state index < -0.39 is 0 Å². The second kappa shape index (κ2) is 8.54. The van der Waals surface area contributed by atoms with Crippen molar-refractivity contribution in [2.24, 2.45) is 11.7 Å². The Kier molecular flexibility index (Phi) is 6.43. The fraction of sp³-hybridized carbons (Fsp3) is 0.529. The molecule has 0 radical (unpaired) electrons. The highest BCUT2D eigenvalue weighted by Crippen LogP contribution is 2.29. The van der Waals surface area contributed by atoms with Gasteiger partial charge in [-0.3, -0.25) is 9.59 Å². The normalized spacial score (nSPS) is 16.8. The number of methoxy groups -OCH3 is 1. The summed E-state index contributed by atoms with van der Waals surface area (Å²) in [5.41, 5.74) is 5.95. The van der Waals surface area contributed by atoms with Crippen LogP contribution in [0.3, 0.4) is 0 Å². The fourth-order valence-corrected chi connectivity index (χ4v) is 2.75. The predicted molar refractivity (Wildman–Crippen MR) is 90.2 cm³/mol. The minimum atomic E-state index is -0.136. The zero-order valence-electron chi connectivity index (χ0n) is 14.2. The predicted octanol–water partition coefficient (Wildman–Crippen LogP) is 0.631. The third-order valence-electron chi connectivity index (χ3n) is 3.98. The lowest BCUT2D eigenvalue weighted by molar-refractivity contribution is -0.124. The molecule has 2 rings (SSSR count). The van der Waals surface area contributed by atoms with Crippen LogP contribution in [-0.4, -0.2) is 56.6 Å². The molecule has 1 aromatic carbocycles. The topological polar surface area (TPSA) is 93.9 Å². The number of amides is 2. The molecule has 0 aromatic heterocycles. The summed E-state index contributed by atoms with van der Waals surface area (Å²) >= 11 is 0. The van der Waals surface area contributed by atoms with Crippen molar-refractivity contribution in [2.45, 2.75) is 13.3 Å². The minimum absolute atomic E-state index is 0.0101. The number of carbonyl (C=O) groups excluding carboxylic acids is 2. The first-order valence-corrected chi connectivity index (χ1v) is 8.18. The third-order valence-corrected chi connectivity index (χ3v) is 3.98. The van der Waals surface area contributed by atoms with Crippen molar-refractivity contribution in [3.63, 3.8) is 0 Å². The first-order chi connectivity index (χ1) is 11.6. The smallest absolute Gasteiger partial charge is 0.254 e. The molecule has 2 amide bonds. The van der Waals surface area contributed by atoms with Crippen molar-refractivity contribution >= 4 is 11.8 Å². The molecule has 0 saturated carbocycles. The van der Waals surface area contributed by atoms with Crippen molar-refractivity contribution in [3.05, 3.63) is 23.8 Å². The first-order valence-electron chi connectivity index (χ1n) is 8.18. The van der Waals surface area contributed by atoms with Crippen LogP contribution < -0.4 is 20.5 Å². The molecule has 1 saturated heterocycles. The van der Waals surface area contributed by atoms with E-state index in [0.717, 1.165) is 0 Å². The van der Waals surface area contributed by atoms with Crippen LogP contribution in [0.4, 0.5) is 0 Å². The standard InChI is InChI=1S/C17H25N3O4/c1-3-19-16(21)13-6-8-20(11-13)17(22)12-4-5-14(24-9-7-18)15(10-12)23-2/h4-5,10,13H,3,6-9,11,18H2,1-2H3,(H,19,21)/t13-/m1/s1. The van der Waals surface area contributed by atoms with E-state index in [1.807, 2.05) is 6.92 Å². The second-order valence-electron chi connectivity index (χ2n) is 5.63. The Morgan fingerprint density at radius 3 is 2.83 bits per heavy atom. The Balaban J connectivity index is 2.06. The molecule has 24 heavy (non-hydrogen) atoms. The van der Waals surface area contributed by atoms with E-state index in [9.17, 15) is 9.59 Å². The Morgan fingerprint density at radius 2 is 2.17 bits per heavy atom. The molecule has 7 heteroatoms. The van der Waals surface area contributed by atoms with Gasteiger partial charge >= 0.3 is 0 Å². The highest BCUT2D eigenvalue weighted by Gasteiger charge is 2.31. The number of hydrogen-bond acceptors (Lipinski definition) is 5. The SMILES string of the molecule is CCNC(=O)[C@@H]1CCN(C(=O)c2ccc(OCCN)c(OC)c2)C1. The van der Waals surface area contributed by atoms with E-state index >= 15 is 0 Å². The maximum absolute atomic E-state index is 12.6. The van der Waals surface area contributed by atoms with Gasteiger partial charge in [0.25, 0.3) is 5.91 Å². The summed E-state index contributed by atoms with van der Waals surface area (Å²) < 4.78 is 10.8. The van der Waals surface area contributed by atoms with Gasteiger partial charge in [-0.2, -0.15) is 0 Å². The van der Waals surface area contributed by atoms with E-state index in [-0.39, 0.29) is 17.7 Å². The van der Waals surface area contributed by atoms with Crippen LogP contribution in [-0.2, 0) is 4.79 Å². The second-order valence-corrected chi connectivity index (χ2v) is 5.63. The molecule has 1 aliphatic rings. The van der Waals surface area contributed by atoms with E-state index in [1.54, 1.807) is 23.1 Å². The molecule has 1 aliphatic heterocycles. The van der Waals surface area contributed by atoms with Crippen molar-refractivity contribution in [3.8, 4) is 11.5 Å². The van der Waals surface area contributed by atoms with Gasteiger partial charge in [-0.25, -0.2) is 0 Å². The molecule has 1 atom stereocenters. The lowest BCUT2D eigenvalue weighted by Crippen LogP contribution is -2.34. The Bertz CT molecular complexity index is 591. The monoisotopic (exact) mass is 335 g/mol. The van der Waals surface area contributed by atoms with Gasteiger partial charge in [0.2, 0.25) is 5.91 Å². The summed E-state index contributed by atoms with van der Waals surface area (Å²) in [7, 11) is 1.53. The summed E-state index contributed by atoms with van der Waals surface area (Å²) in [5, 5.41) is 2.81. The van der Waals surface area contributed by atoms with E-state index in [2.05, 4.69) is 5.32 Å². The summed E-state index contributed by atoms with van der Waals surface area (Å²) in [6.45, 7) is 4.29. The highest BCUT2D eigenvalue weighted by atomic mass is 16.5. The van der Waals surface area contributed by atoms with E-state index in [4.69, 9.17) is 15.2 Å². The molecule has 0 bridgehead atoms. The third kappa shape index (κ3) is 4.17. The first kappa shape index (κ1) is 18.1. The van der Waals surface area contributed by atoms with Crippen molar-refractivity contribution < 1.29 is 19.1 Å². The molecule has 0 spiro atoms. The number of hydrogen-bond donors (Lipinski definition) is 2. The molecule has 1 aromatic rings. The quantitative estimate of drug-likeness (QED) is 0.762. The summed E-state index contributed by atoms with van der Waals surface area (Å²) in [4.78, 5) is 26.2. The molecular formula is C17H25N3O4. The largest absolute Gasteiger partial charge is 0.493 e. The van der Waals surface area contributed by atoms with Gasteiger partial charge in [0.1, 0.15) is 6.61 Å². The number of nitrogens with one attached hydrogen (secondary N) is 1. The van der Waals surface area contributed by atoms with Gasteiger partial charge in [0, 0.05) is 31.7 Å². The zero-order chi connectivity index (χ0) is 17.5. The Hall–Kier alpha value is -2.28. The molecule has 3 N–H and O–H groups in total. The number of nitrogens with two attached hydrogens (primary N) is 1. The molecular weight excluding hydrogens is 310 g/mol. The molecule has 1 fully saturated rings. The van der Waals surface area contributed by atoms with Crippen LogP contribution >= 0.6 is 0 Å². The Labute approximate surface area is 142 Å². The summed E-state index contributed by atoms with van der Waals surface area (Å²) in [6, 6.07) is 5.07. The number of carbonyl (C=O) groups is 2. The lowest BCUT2D eigenvalue weighted by Gasteiger charge is -2.18. The van der Waals surface area contributed by atoms with Gasteiger partial charge < -0.3 is 25.4 Å². The molecule has 0 aliphatic carbocycles. The van der Waals surface area contributed by atoms with Gasteiger partial charge in [-0.15, -0.1) is 0 Å². The lowest BCUT2D eigenvalue weighted by atomic mass is 10.1. The number of benzene rings is 1. The van der Waals surface area contributed by atoms with Gasteiger partial charge in [0.15, 0.2) is 11.5 Å². The minimum Gasteiger partial charge on any atom is -0.493 e. The van der Waals surface area contributed by atoms with Crippen LogP contribution in [0, 0.1) is 5.92 Å². The molecule has 132 valence electrons. The van der Waals surface area contributed by atoms with Crippen molar-refractivity contribution in [1.82, 2.24) is 10.2 Å². The van der Waals surface area contributed by atoms with Crippen molar-refractivity contribution in [1.29, 1.82) is 0 Å². The zero-order valence-corrected chi connectivity index (χ0v) is 14.2. The van der Waals surface area contributed by atoms with Crippen molar-refractivity contribution in [2.75, 3.05) is 39.9 Å². The number of rotatable bonds is 7. The van der Waals surface area contributed by atoms with E-state index in [0.29, 0.717) is 56.3 Å². The van der Waals surface area contributed by atoms with Crippen LogP contribution in [0.1, 0.15) is 23.7 Å². The molecule has 7 nitrogen and oxygen atoms in total. The number of likely N-dealkylation sites (tertiary alicyclic amines) is 1. The summed E-state index contributed by atoms with van der Waals surface area (Å²) in [6.07, 6.45) is 0.687. The number of ether oxygens (including phenoxy) is 2. The van der Waals surface area contributed by atoms with E-state index in [1.165, 1.54) is 7.11 Å². The molecule has 0 unspecified atom stereocenters. The van der Waals surface area contributed by atoms with Crippen LogP contribution in [0.2, 0.25) is 0 Å². The average molecular weight is 335 g/mol. The van der Waals surface area contributed by atoms with Gasteiger partial charge in [-0.05, 0) is 31.5 Å². The highest BCUT2D eigenvalue weighted by molar-refractivity contribution is 5.95. The maximum Gasteiger partial charge on any atom is 0.254 e. The maximum atomic E-state index is 12.6. The number of nitrogens with zero attached hydrogens (tertiary/aromatic N) is 1. The fourth-order valence-electron chi connectivity index (χ4n) is 2.75. The van der Waals surface area contributed by atoms with Crippen LogP contribution in [0.25, 0.3) is 0 Å². The Morgan fingerprint density at radius 1 is 1.38 bits per heavy atom. The van der Waals surface area contributed by atoms with Crippen LogP contribution in [0.15, 0.2) is 18.2 Å². The van der Waals surface area contributed by atoms with Gasteiger partial charge in [0.05, 0.1) is 13.0 Å². The van der Waals surface area contributed by atoms with Gasteiger partial charge in [-0.1, -0.05) is 0 Å². The molecule has 1 heterocycles. The van der Waals surface area contributed by atoms with Crippen LogP contribution in [0.5, 0.6) is 11.5 Å². The average Bonchev–Trinajstić information content (AvgIpc) is 3.09.